The number of amides is 1. The first-order valence-corrected chi connectivity index (χ1v) is 9.03. The molecule has 0 N–H and O–H groups in total. The number of rotatable bonds is 6. The Labute approximate surface area is 167 Å². The zero-order chi connectivity index (χ0) is 21.0. The molecular formula is C21H21FN4O3. The van der Waals surface area contributed by atoms with Gasteiger partial charge in [-0.1, -0.05) is 18.2 Å². The van der Waals surface area contributed by atoms with Crippen LogP contribution in [0.1, 0.15) is 28.5 Å². The van der Waals surface area contributed by atoms with Crippen molar-refractivity contribution in [1.29, 1.82) is 0 Å². The molecule has 0 fully saturated rings. The first-order chi connectivity index (χ1) is 13.9. The predicted molar refractivity (Wildman–Crippen MR) is 104 cm³/mol. The molecule has 0 aliphatic heterocycles. The smallest absolute Gasteiger partial charge is 0.342 e. The fourth-order valence-electron chi connectivity index (χ4n) is 2.89. The van der Waals surface area contributed by atoms with Gasteiger partial charge in [-0.05, 0) is 43.7 Å². The normalized spacial score (nSPS) is 11.7. The van der Waals surface area contributed by atoms with Crippen LogP contribution in [-0.4, -0.2) is 44.7 Å². The second-order valence-corrected chi connectivity index (χ2v) is 6.62. The Balaban J connectivity index is 1.65. The molecule has 8 heteroatoms. The van der Waals surface area contributed by atoms with Gasteiger partial charge in [-0.25, -0.2) is 18.9 Å². The SMILES string of the molecule is Cc1c(C(=O)OC(C)C(=O)N(C)Cc2cccc(F)c2)cnn1-c1ccccn1. The Morgan fingerprint density at radius 2 is 2.03 bits per heavy atom. The number of esters is 1. The zero-order valence-electron chi connectivity index (χ0n) is 16.4. The summed E-state index contributed by atoms with van der Waals surface area (Å²) in [7, 11) is 1.57. The number of likely N-dealkylation sites (N-methyl/N-ethyl adjacent to an activating group) is 1. The van der Waals surface area contributed by atoms with E-state index in [1.807, 2.05) is 6.07 Å². The maximum absolute atomic E-state index is 13.3. The van der Waals surface area contributed by atoms with E-state index in [1.165, 1.54) is 34.8 Å². The molecule has 0 aliphatic carbocycles. The van der Waals surface area contributed by atoms with Gasteiger partial charge in [0.05, 0.1) is 11.9 Å². The number of halogens is 1. The molecule has 0 radical (unpaired) electrons. The minimum absolute atomic E-state index is 0.203. The van der Waals surface area contributed by atoms with E-state index in [4.69, 9.17) is 4.74 Å². The lowest BCUT2D eigenvalue weighted by Crippen LogP contribution is -2.37. The molecule has 0 saturated heterocycles. The van der Waals surface area contributed by atoms with Crippen LogP contribution < -0.4 is 0 Å². The average molecular weight is 396 g/mol. The van der Waals surface area contributed by atoms with Crippen LogP contribution in [0.5, 0.6) is 0 Å². The van der Waals surface area contributed by atoms with Gasteiger partial charge < -0.3 is 9.64 Å². The van der Waals surface area contributed by atoms with E-state index in [2.05, 4.69) is 10.1 Å². The first-order valence-electron chi connectivity index (χ1n) is 9.03. The minimum Gasteiger partial charge on any atom is -0.449 e. The van der Waals surface area contributed by atoms with E-state index in [9.17, 15) is 14.0 Å². The van der Waals surface area contributed by atoms with Crippen molar-refractivity contribution >= 4 is 11.9 Å². The van der Waals surface area contributed by atoms with Crippen molar-refractivity contribution < 1.29 is 18.7 Å². The topological polar surface area (TPSA) is 77.3 Å². The summed E-state index contributed by atoms with van der Waals surface area (Å²) in [6.07, 6.45) is 2.02. The number of carbonyl (C=O) groups is 2. The molecule has 2 heterocycles. The van der Waals surface area contributed by atoms with Crippen LogP contribution >= 0.6 is 0 Å². The summed E-state index contributed by atoms with van der Waals surface area (Å²) in [6.45, 7) is 3.43. The van der Waals surface area contributed by atoms with Crippen LogP contribution in [0.4, 0.5) is 4.39 Å². The quantitative estimate of drug-likeness (QED) is 0.599. The van der Waals surface area contributed by atoms with Gasteiger partial charge in [0.1, 0.15) is 11.4 Å². The highest BCUT2D eigenvalue weighted by Gasteiger charge is 2.25. The van der Waals surface area contributed by atoms with Crippen LogP contribution in [0.15, 0.2) is 54.9 Å². The maximum Gasteiger partial charge on any atom is 0.342 e. The lowest BCUT2D eigenvalue weighted by molar-refractivity contribution is -0.139. The Kier molecular flexibility index (Phi) is 6.01. The van der Waals surface area contributed by atoms with Gasteiger partial charge in [-0.2, -0.15) is 5.10 Å². The zero-order valence-corrected chi connectivity index (χ0v) is 16.4. The van der Waals surface area contributed by atoms with E-state index in [1.54, 1.807) is 44.4 Å². The lowest BCUT2D eigenvalue weighted by atomic mass is 10.2. The number of aromatic nitrogens is 3. The fraction of sp³-hybridized carbons (Fsp3) is 0.238. The molecule has 1 amide bonds. The summed E-state index contributed by atoms with van der Waals surface area (Å²) < 4.78 is 20.2. The molecule has 7 nitrogen and oxygen atoms in total. The monoisotopic (exact) mass is 396 g/mol. The summed E-state index contributed by atoms with van der Waals surface area (Å²) in [6, 6.07) is 11.4. The summed E-state index contributed by atoms with van der Waals surface area (Å²) in [5.74, 6) is -0.840. The molecule has 1 atom stereocenters. The summed E-state index contributed by atoms with van der Waals surface area (Å²) in [4.78, 5) is 30.7. The molecule has 0 spiro atoms. The highest BCUT2D eigenvalue weighted by molar-refractivity contribution is 5.93. The highest BCUT2D eigenvalue weighted by Crippen LogP contribution is 2.15. The van der Waals surface area contributed by atoms with E-state index >= 15 is 0 Å². The third-order valence-electron chi connectivity index (χ3n) is 4.41. The number of hydrogen-bond acceptors (Lipinski definition) is 5. The van der Waals surface area contributed by atoms with Crippen LogP contribution in [-0.2, 0) is 16.1 Å². The van der Waals surface area contributed by atoms with Crippen LogP contribution in [0.25, 0.3) is 5.82 Å². The van der Waals surface area contributed by atoms with Crippen molar-refractivity contribution in [1.82, 2.24) is 19.7 Å². The molecule has 3 rings (SSSR count). The number of pyridine rings is 1. The number of carbonyl (C=O) groups excluding carboxylic acids is 2. The van der Waals surface area contributed by atoms with Gasteiger partial charge in [0.15, 0.2) is 11.9 Å². The van der Waals surface area contributed by atoms with Gasteiger partial charge in [-0.3, -0.25) is 4.79 Å². The second kappa shape index (κ2) is 8.64. The second-order valence-electron chi connectivity index (χ2n) is 6.62. The highest BCUT2D eigenvalue weighted by atomic mass is 19.1. The Hall–Kier alpha value is -3.55. The van der Waals surface area contributed by atoms with Crippen LogP contribution in [0.3, 0.4) is 0 Å². The largest absolute Gasteiger partial charge is 0.449 e. The Bertz CT molecular complexity index is 1020. The molecule has 0 aliphatic rings. The Morgan fingerprint density at radius 1 is 1.24 bits per heavy atom. The molecule has 2 aromatic heterocycles. The van der Waals surface area contributed by atoms with Gasteiger partial charge in [0, 0.05) is 19.8 Å². The van der Waals surface area contributed by atoms with Crippen molar-refractivity contribution in [3.8, 4) is 5.82 Å². The van der Waals surface area contributed by atoms with E-state index in [0.29, 0.717) is 17.1 Å². The number of nitrogens with zero attached hydrogens (tertiary/aromatic N) is 4. The molecular weight excluding hydrogens is 375 g/mol. The van der Waals surface area contributed by atoms with Crippen LogP contribution in [0, 0.1) is 12.7 Å². The third kappa shape index (κ3) is 4.66. The minimum atomic E-state index is -1.00. The molecule has 29 heavy (non-hydrogen) atoms. The van der Waals surface area contributed by atoms with Crippen molar-refractivity contribution in [2.45, 2.75) is 26.5 Å². The van der Waals surface area contributed by atoms with Crippen molar-refractivity contribution in [2.24, 2.45) is 0 Å². The van der Waals surface area contributed by atoms with E-state index in [-0.39, 0.29) is 17.9 Å². The van der Waals surface area contributed by atoms with Crippen molar-refractivity contribution in [2.75, 3.05) is 7.05 Å². The van der Waals surface area contributed by atoms with Crippen molar-refractivity contribution in [3.05, 3.63) is 77.5 Å². The lowest BCUT2D eigenvalue weighted by Gasteiger charge is -2.21. The molecule has 150 valence electrons. The standard InChI is InChI=1S/C21H21FN4O3/c1-14-18(12-24-26(14)19-9-4-5-10-23-19)21(28)29-15(2)20(27)25(3)13-16-7-6-8-17(22)11-16/h4-12,15H,13H2,1-3H3. The van der Waals surface area contributed by atoms with E-state index in [0.717, 1.165) is 0 Å². The van der Waals surface area contributed by atoms with Crippen molar-refractivity contribution in [3.63, 3.8) is 0 Å². The average Bonchev–Trinajstić information content (AvgIpc) is 3.09. The van der Waals surface area contributed by atoms with Gasteiger partial charge in [-0.15, -0.1) is 0 Å². The summed E-state index contributed by atoms with van der Waals surface area (Å²) in [5.41, 5.74) is 1.46. The molecule has 0 saturated carbocycles. The number of benzene rings is 1. The first kappa shape index (κ1) is 20.2. The molecule has 3 aromatic rings. The summed E-state index contributed by atoms with van der Waals surface area (Å²) in [5, 5.41) is 4.18. The predicted octanol–water partition coefficient (Wildman–Crippen LogP) is 2.92. The maximum atomic E-state index is 13.3. The van der Waals surface area contributed by atoms with Gasteiger partial charge >= 0.3 is 5.97 Å². The van der Waals surface area contributed by atoms with Gasteiger partial charge in [0.25, 0.3) is 5.91 Å². The third-order valence-corrected chi connectivity index (χ3v) is 4.41. The van der Waals surface area contributed by atoms with E-state index < -0.39 is 18.0 Å². The molecule has 1 unspecified atom stereocenters. The fourth-order valence-corrected chi connectivity index (χ4v) is 2.89. The molecule has 1 aromatic carbocycles. The Morgan fingerprint density at radius 3 is 2.72 bits per heavy atom. The number of ether oxygens (including phenoxy) is 1. The summed E-state index contributed by atoms with van der Waals surface area (Å²) >= 11 is 0. The van der Waals surface area contributed by atoms with Gasteiger partial charge in [0.2, 0.25) is 0 Å². The molecule has 0 bridgehead atoms. The van der Waals surface area contributed by atoms with Crippen LogP contribution in [0.2, 0.25) is 0 Å². The number of hydrogen-bond donors (Lipinski definition) is 0.